The Bertz CT molecular complexity index is 774. The van der Waals surface area contributed by atoms with E-state index in [2.05, 4.69) is 32.2 Å². The molecule has 132 valence electrons. The molecule has 0 saturated carbocycles. The Kier molecular flexibility index (Phi) is 6.11. The molecule has 2 aromatic heterocycles. The molecule has 0 radical (unpaired) electrons. The minimum atomic E-state index is -1.07. The lowest BCUT2D eigenvalue weighted by Crippen LogP contribution is -2.25. The second kappa shape index (κ2) is 8.09. The smallest absolute Gasteiger partial charge is 0.256 e. The van der Waals surface area contributed by atoms with Gasteiger partial charge in [0.15, 0.2) is 5.16 Å². The number of hydrogen-bond donors (Lipinski definition) is 3. The number of pyridine rings is 1. The lowest BCUT2D eigenvalue weighted by molar-refractivity contribution is 0.0740. The van der Waals surface area contributed by atoms with E-state index >= 15 is 0 Å². The van der Waals surface area contributed by atoms with E-state index < -0.39 is 5.60 Å². The van der Waals surface area contributed by atoms with Crippen molar-refractivity contribution in [1.82, 2.24) is 20.3 Å². The van der Waals surface area contributed by atoms with E-state index in [0.29, 0.717) is 34.6 Å². The quantitative estimate of drug-likeness (QED) is 0.397. The molecule has 0 saturated heterocycles. The Morgan fingerprint density at radius 2 is 2.16 bits per heavy atom. The summed E-state index contributed by atoms with van der Waals surface area (Å²) < 4.78 is 0. The van der Waals surface area contributed by atoms with Gasteiger partial charge in [-0.05, 0) is 32.2 Å². The third-order valence-corrected chi connectivity index (χ3v) is 3.79. The van der Waals surface area contributed by atoms with Crippen molar-refractivity contribution in [3.8, 4) is 0 Å². The number of hydrogen-bond acceptors (Lipinski definition) is 7. The molecule has 0 atom stereocenters. The van der Waals surface area contributed by atoms with Crippen LogP contribution in [0.15, 0.2) is 42.2 Å². The van der Waals surface area contributed by atoms with Gasteiger partial charge in [-0.3, -0.25) is 4.79 Å². The van der Waals surface area contributed by atoms with Crippen molar-refractivity contribution in [1.29, 1.82) is 0 Å². The standard InChI is InChI=1S/C17H21N5O2S/c1-5-9-18-15(23)11-10-19-16(25-4)22-14(11)21-13-8-6-7-12(20-13)17(2,3)24/h5-8,10,24H,1,9H2,2-4H3,(H,18,23)(H,19,20,21,22). The van der Waals surface area contributed by atoms with Gasteiger partial charge in [0.05, 0.1) is 5.69 Å². The molecule has 0 bridgehead atoms. The van der Waals surface area contributed by atoms with Gasteiger partial charge < -0.3 is 15.7 Å². The Labute approximate surface area is 151 Å². The summed E-state index contributed by atoms with van der Waals surface area (Å²) >= 11 is 1.37. The second-order valence-corrected chi connectivity index (χ2v) is 6.48. The van der Waals surface area contributed by atoms with Crippen LogP contribution in [0.3, 0.4) is 0 Å². The van der Waals surface area contributed by atoms with Gasteiger partial charge in [-0.15, -0.1) is 6.58 Å². The lowest BCUT2D eigenvalue weighted by Gasteiger charge is -2.18. The summed E-state index contributed by atoms with van der Waals surface area (Å²) in [5.74, 6) is 0.512. The monoisotopic (exact) mass is 359 g/mol. The normalized spacial score (nSPS) is 11.0. The maximum absolute atomic E-state index is 12.3. The average Bonchev–Trinajstić information content (AvgIpc) is 2.59. The highest BCUT2D eigenvalue weighted by Crippen LogP contribution is 2.23. The lowest BCUT2D eigenvalue weighted by atomic mass is 10.1. The molecule has 0 aromatic carbocycles. The van der Waals surface area contributed by atoms with Gasteiger partial charge in [0.1, 0.15) is 22.8 Å². The summed E-state index contributed by atoms with van der Waals surface area (Å²) in [4.78, 5) is 25.2. The van der Waals surface area contributed by atoms with E-state index in [9.17, 15) is 9.90 Å². The van der Waals surface area contributed by atoms with Crippen LogP contribution in [0.25, 0.3) is 0 Å². The van der Waals surface area contributed by atoms with Crippen LogP contribution in [0, 0.1) is 0 Å². The fourth-order valence-corrected chi connectivity index (χ4v) is 2.29. The van der Waals surface area contributed by atoms with Crippen molar-refractivity contribution in [2.45, 2.75) is 24.6 Å². The largest absolute Gasteiger partial charge is 0.384 e. The molecule has 7 nitrogen and oxygen atoms in total. The van der Waals surface area contributed by atoms with Gasteiger partial charge in [0, 0.05) is 12.7 Å². The number of aliphatic hydroxyl groups is 1. The number of nitrogens with one attached hydrogen (secondary N) is 2. The van der Waals surface area contributed by atoms with Crippen molar-refractivity contribution in [3.05, 3.63) is 48.3 Å². The first-order chi connectivity index (χ1) is 11.8. The van der Waals surface area contributed by atoms with Crippen molar-refractivity contribution in [2.75, 3.05) is 18.1 Å². The molecular weight excluding hydrogens is 338 g/mol. The van der Waals surface area contributed by atoms with Crippen LogP contribution in [0.5, 0.6) is 0 Å². The highest BCUT2D eigenvalue weighted by Gasteiger charge is 2.19. The fourth-order valence-electron chi connectivity index (χ4n) is 1.95. The molecule has 2 heterocycles. The number of amides is 1. The Morgan fingerprint density at radius 3 is 2.80 bits per heavy atom. The molecule has 2 aromatic rings. The van der Waals surface area contributed by atoms with Crippen LogP contribution in [-0.4, -0.2) is 38.8 Å². The number of aromatic nitrogens is 3. The van der Waals surface area contributed by atoms with Crippen molar-refractivity contribution in [2.24, 2.45) is 0 Å². The molecule has 8 heteroatoms. The van der Waals surface area contributed by atoms with E-state index in [4.69, 9.17) is 0 Å². The Morgan fingerprint density at radius 1 is 1.40 bits per heavy atom. The molecule has 0 aliphatic carbocycles. The first-order valence-corrected chi connectivity index (χ1v) is 8.84. The van der Waals surface area contributed by atoms with Gasteiger partial charge in [-0.1, -0.05) is 23.9 Å². The molecular formula is C17H21N5O2S. The zero-order valence-corrected chi connectivity index (χ0v) is 15.2. The first-order valence-electron chi connectivity index (χ1n) is 7.62. The number of thioether (sulfide) groups is 1. The van der Waals surface area contributed by atoms with Crippen LogP contribution in [0.1, 0.15) is 29.9 Å². The SMILES string of the molecule is C=CCNC(=O)c1cnc(SC)nc1Nc1cccc(C(C)(C)O)n1. The molecule has 2 rings (SSSR count). The van der Waals surface area contributed by atoms with Crippen LogP contribution < -0.4 is 10.6 Å². The number of carbonyl (C=O) groups is 1. The average molecular weight is 359 g/mol. The van der Waals surface area contributed by atoms with Gasteiger partial charge in [0.2, 0.25) is 0 Å². The highest BCUT2D eigenvalue weighted by molar-refractivity contribution is 7.98. The third kappa shape index (κ3) is 5.01. The summed E-state index contributed by atoms with van der Waals surface area (Å²) in [5, 5.41) is 16.4. The maximum atomic E-state index is 12.3. The predicted molar refractivity (Wildman–Crippen MR) is 99.1 cm³/mol. The topological polar surface area (TPSA) is 100 Å². The second-order valence-electron chi connectivity index (χ2n) is 5.71. The van der Waals surface area contributed by atoms with E-state index in [0.717, 1.165) is 0 Å². The molecule has 0 aliphatic rings. The summed E-state index contributed by atoms with van der Waals surface area (Å²) in [6, 6.07) is 5.24. The van der Waals surface area contributed by atoms with Gasteiger partial charge in [-0.25, -0.2) is 15.0 Å². The van der Waals surface area contributed by atoms with Crippen LogP contribution >= 0.6 is 11.8 Å². The minimum Gasteiger partial charge on any atom is -0.384 e. The fraction of sp³-hybridized carbons (Fsp3) is 0.294. The molecule has 1 amide bonds. The first kappa shape index (κ1) is 18.9. The highest BCUT2D eigenvalue weighted by atomic mass is 32.2. The Balaban J connectivity index is 2.37. The van der Waals surface area contributed by atoms with E-state index in [1.54, 1.807) is 38.1 Å². The van der Waals surface area contributed by atoms with E-state index in [1.165, 1.54) is 18.0 Å². The van der Waals surface area contributed by atoms with Crippen LogP contribution in [-0.2, 0) is 5.60 Å². The summed E-state index contributed by atoms with van der Waals surface area (Å²) in [6.45, 7) is 7.23. The van der Waals surface area contributed by atoms with Crippen molar-refractivity contribution in [3.63, 3.8) is 0 Å². The van der Waals surface area contributed by atoms with Gasteiger partial charge >= 0.3 is 0 Å². The minimum absolute atomic E-state index is 0.301. The van der Waals surface area contributed by atoms with Crippen molar-refractivity contribution < 1.29 is 9.90 Å². The van der Waals surface area contributed by atoms with Crippen LogP contribution in [0.4, 0.5) is 11.6 Å². The van der Waals surface area contributed by atoms with Crippen LogP contribution in [0.2, 0.25) is 0 Å². The summed E-state index contributed by atoms with van der Waals surface area (Å²) in [6.07, 6.45) is 4.92. The van der Waals surface area contributed by atoms with Crippen molar-refractivity contribution >= 4 is 29.3 Å². The summed E-state index contributed by atoms with van der Waals surface area (Å²) in [7, 11) is 0. The molecule has 0 fully saturated rings. The molecule has 25 heavy (non-hydrogen) atoms. The molecule has 0 spiro atoms. The predicted octanol–water partition coefficient (Wildman–Crippen LogP) is 2.48. The zero-order chi connectivity index (χ0) is 18.4. The number of rotatable bonds is 7. The maximum Gasteiger partial charge on any atom is 0.256 e. The van der Waals surface area contributed by atoms with Gasteiger partial charge in [0.25, 0.3) is 5.91 Å². The number of nitrogens with zero attached hydrogens (tertiary/aromatic N) is 3. The van der Waals surface area contributed by atoms with E-state index in [1.807, 2.05) is 6.26 Å². The summed E-state index contributed by atoms with van der Waals surface area (Å²) in [5.41, 5.74) is -0.262. The zero-order valence-electron chi connectivity index (χ0n) is 14.4. The molecule has 0 aliphatic heterocycles. The number of anilines is 2. The molecule has 3 N–H and O–H groups in total. The number of carbonyl (C=O) groups excluding carboxylic acids is 1. The van der Waals surface area contributed by atoms with Gasteiger partial charge in [-0.2, -0.15) is 0 Å². The van der Waals surface area contributed by atoms with E-state index in [-0.39, 0.29) is 5.91 Å². The molecule has 0 unspecified atom stereocenters. The Hall–Kier alpha value is -2.45. The third-order valence-electron chi connectivity index (χ3n) is 3.22.